The predicted molar refractivity (Wildman–Crippen MR) is 112 cm³/mol. The number of aryl methyl sites for hydroxylation is 1. The van der Waals surface area contributed by atoms with Gasteiger partial charge in [0.1, 0.15) is 11.6 Å². The van der Waals surface area contributed by atoms with Crippen molar-refractivity contribution in [2.75, 3.05) is 18.2 Å². The summed E-state index contributed by atoms with van der Waals surface area (Å²) >= 11 is 5.14. The number of benzene rings is 2. The molecule has 2 aromatic carbocycles. The zero-order valence-corrected chi connectivity index (χ0v) is 17.3. The predicted octanol–water partition coefficient (Wildman–Crippen LogP) is 4.73. The van der Waals surface area contributed by atoms with E-state index in [0.29, 0.717) is 5.75 Å². The molecule has 1 atom stereocenters. The quantitative estimate of drug-likeness (QED) is 0.635. The van der Waals surface area contributed by atoms with Gasteiger partial charge in [-0.25, -0.2) is 4.68 Å². The van der Waals surface area contributed by atoms with Gasteiger partial charge in [-0.2, -0.15) is 5.10 Å². The number of fused-ring (bicyclic) bond motifs is 1. The number of aromatic nitrogens is 2. The molecule has 0 fully saturated rings. The number of anilines is 1. The minimum absolute atomic E-state index is 0.0326. The molecule has 5 nitrogen and oxygen atoms in total. The molecule has 0 bridgehead atoms. The van der Waals surface area contributed by atoms with E-state index in [2.05, 4.69) is 27.3 Å². The van der Waals surface area contributed by atoms with E-state index < -0.39 is 0 Å². The zero-order chi connectivity index (χ0) is 19.0. The molecule has 0 saturated heterocycles. The average Bonchev–Trinajstić information content (AvgIpc) is 2.88. The van der Waals surface area contributed by atoms with E-state index in [1.165, 1.54) is 0 Å². The standard InChI is InChI=1S/C20H18BrN3O2S/c1-12-18-19(15-10-13(21)8-9-16(15)26-2)27-11-17(25)22-20(18)24(23-12)14-6-4-3-5-7-14/h3-10,19H,11H2,1-2H3,(H,22,25)/t19-/m1/s1. The number of rotatable bonds is 3. The molecular weight excluding hydrogens is 426 g/mol. The molecule has 1 amide bonds. The van der Waals surface area contributed by atoms with Crippen molar-refractivity contribution in [3.8, 4) is 11.4 Å². The summed E-state index contributed by atoms with van der Waals surface area (Å²) in [6, 6.07) is 15.8. The monoisotopic (exact) mass is 443 g/mol. The van der Waals surface area contributed by atoms with E-state index in [-0.39, 0.29) is 11.2 Å². The van der Waals surface area contributed by atoms with Gasteiger partial charge in [-0.05, 0) is 37.3 Å². The van der Waals surface area contributed by atoms with Crippen molar-refractivity contribution < 1.29 is 9.53 Å². The molecule has 1 aliphatic rings. The number of hydrogen-bond acceptors (Lipinski definition) is 4. The van der Waals surface area contributed by atoms with Gasteiger partial charge in [0.2, 0.25) is 5.91 Å². The molecule has 0 saturated carbocycles. The van der Waals surface area contributed by atoms with E-state index in [4.69, 9.17) is 9.84 Å². The highest BCUT2D eigenvalue weighted by Crippen LogP contribution is 2.47. The molecule has 3 aromatic rings. The topological polar surface area (TPSA) is 56.1 Å². The lowest BCUT2D eigenvalue weighted by Crippen LogP contribution is -2.15. The Kier molecular flexibility index (Phi) is 4.97. The summed E-state index contributed by atoms with van der Waals surface area (Å²) in [6.07, 6.45) is 0. The Morgan fingerprint density at radius 3 is 2.78 bits per heavy atom. The molecule has 0 unspecified atom stereocenters. The van der Waals surface area contributed by atoms with E-state index in [1.807, 2.05) is 54.1 Å². The number of ether oxygens (including phenoxy) is 1. The number of halogens is 1. The third kappa shape index (κ3) is 3.37. The summed E-state index contributed by atoms with van der Waals surface area (Å²) in [5, 5.41) is 7.71. The largest absolute Gasteiger partial charge is 0.496 e. The summed E-state index contributed by atoms with van der Waals surface area (Å²) in [7, 11) is 1.67. The molecule has 0 spiro atoms. The molecule has 7 heteroatoms. The summed E-state index contributed by atoms with van der Waals surface area (Å²) in [5.74, 6) is 1.85. The van der Waals surface area contributed by atoms with Crippen LogP contribution in [0.25, 0.3) is 5.69 Å². The van der Waals surface area contributed by atoms with Crippen LogP contribution in [0, 0.1) is 6.92 Å². The van der Waals surface area contributed by atoms with Gasteiger partial charge < -0.3 is 10.1 Å². The van der Waals surface area contributed by atoms with E-state index >= 15 is 0 Å². The SMILES string of the molecule is COc1ccc(Br)cc1[C@H]1SCC(=O)Nc2c1c(C)nn2-c1ccccc1. The van der Waals surface area contributed by atoms with Gasteiger partial charge in [-0.1, -0.05) is 34.1 Å². The fraction of sp³-hybridized carbons (Fsp3) is 0.200. The Morgan fingerprint density at radius 2 is 2.04 bits per heavy atom. The number of carbonyl (C=O) groups is 1. The highest BCUT2D eigenvalue weighted by atomic mass is 79.9. The first kappa shape index (κ1) is 18.1. The maximum atomic E-state index is 12.4. The number of methoxy groups -OCH3 is 1. The minimum atomic E-state index is -0.0659. The first-order valence-corrected chi connectivity index (χ1v) is 10.3. The van der Waals surface area contributed by atoms with E-state index in [9.17, 15) is 4.79 Å². The van der Waals surface area contributed by atoms with Crippen LogP contribution < -0.4 is 10.1 Å². The molecule has 1 aromatic heterocycles. The summed E-state index contributed by atoms with van der Waals surface area (Å²) in [4.78, 5) is 12.4. The first-order chi connectivity index (χ1) is 13.1. The number of nitrogens with one attached hydrogen (secondary N) is 1. The third-order valence-corrected chi connectivity index (χ3v) is 6.23. The maximum absolute atomic E-state index is 12.4. The lowest BCUT2D eigenvalue weighted by atomic mass is 10.0. The van der Waals surface area contributed by atoms with Gasteiger partial charge in [-0.15, -0.1) is 11.8 Å². The van der Waals surface area contributed by atoms with Crippen LogP contribution in [0.2, 0.25) is 0 Å². The average molecular weight is 444 g/mol. The van der Waals surface area contributed by atoms with Gasteiger partial charge in [0.05, 0.1) is 29.5 Å². The number of hydrogen-bond donors (Lipinski definition) is 1. The normalized spacial score (nSPS) is 16.4. The lowest BCUT2D eigenvalue weighted by molar-refractivity contribution is -0.113. The molecular formula is C20H18BrN3O2S. The molecule has 138 valence electrons. The van der Waals surface area contributed by atoms with Crippen molar-refractivity contribution in [1.82, 2.24) is 9.78 Å². The van der Waals surface area contributed by atoms with Crippen molar-refractivity contribution in [3.63, 3.8) is 0 Å². The Bertz CT molecular complexity index is 1000. The van der Waals surface area contributed by atoms with Crippen LogP contribution in [0.1, 0.15) is 22.1 Å². The second kappa shape index (κ2) is 7.40. The van der Waals surface area contributed by atoms with Gasteiger partial charge in [0.25, 0.3) is 0 Å². The fourth-order valence-electron chi connectivity index (χ4n) is 3.30. The lowest BCUT2D eigenvalue weighted by Gasteiger charge is -2.18. The molecule has 0 radical (unpaired) electrons. The highest BCUT2D eigenvalue weighted by Gasteiger charge is 2.32. The van der Waals surface area contributed by atoms with Gasteiger partial charge in [0, 0.05) is 15.6 Å². The number of amides is 1. The molecule has 27 heavy (non-hydrogen) atoms. The molecule has 2 heterocycles. The van der Waals surface area contributed by atoms with Crippen molar-refractivity contribution in [2.24, 2.45) is 0 Å². The smallest absolute Gasteiger partial charge is 0.235 e. The van der Waals surface area contributed by atoms with Crippen LogP contribution >= 0.6 is 27.7 Å². The van der Waals surface area contributed by atoms with Gasteiger partial charge >= 0.3 is 0 Å². The van der Waals surface area contributed by atoms with Gasteiger partial charge in [0.15, 0.2) is 0 Å². The van der Waals surface area contributed by atoms with Crippen molar-refractivity contribution >= 4 is 39.4 Å². The minimum Gasteiger partial charge on any atom is -0.496 e. The van der Waals surface area contributed by atoms with Crippen LogP contribution in [0.3, 0.4) is 0 Å². The second-order valence-corrected chi connectivity index (χ2v) is 8.23. The molecule has 1 N–H and O–H groups in total. The number of para-hydroxylation sites is 1. The first-order valence-electron chi connectivity index (χ1n) is 8.48. The highest BCUT2D eigenvalue weighted by molar-refractivity contribution is 9.10. The molecule has 1 aliphatic heterocycles. The zero-order valence-electron chi connectivity index (χ0n) is 14.9. The second-order valence-electron chi connectivity index (χ2n) is 6.22. The molecule has 0 aliphatic carbocycles. The fourth-order valence-corrected chi connectivity index (χ4v) is 4.88. The summed E-state index contributed by atoms with van der Waals surface area (Å²) < 4.78 is 8.38. The Morgan fingerprint density at radius 1 is 1.26 bits per heavy atom. The third-order valence-electron chi connectivity index (χ3n) is 4.48. The van der Waals surface area contributed by atoms with Crippen LogP contribution in [0.5, 0.6) is 5.75 Å². The van der Waals surface area contributed by atoms with E-state index in [1.54, 1.807) is 18.9 Å². The molecule has 4 rings (SSSR count). The van der Waals surface area contributed by atoms with Crippen LogP contribution in [-0.2, 0) is 4.79 Å². The van der Waals surface area contributed by atoms with Crippen molar-refractivity contribution in [2.45, 2.75) is 12.2 Å². The van der Waals surface area contributed by atoms with Crippen LogP contribution in [-0.4, -0.2) is 28.6 Å². The Labute approximate surface area is 170 Å². The Hall–Kier alpha value is -2.25. The van der Waals surface area contributed by atoms with Gasteiger partial charge in [-0.3, -0.25) is 4.79 Å². The summed E-state index contributed by atoms with van der Waals surface area (Å²) in [5.41, 5.74) is 3.82. The number of nitrogens with zero attached hydrogens (tertiary/aromatic N) is 2. The summed E-state index contributed by atoms with van der Waals surface area (Å²) in [6.45, 7) is 1.98. The van der Waals surface area contributed by atoms with Crippen LogP contribution in [0.15, 0.2) is 53.0 Å². The number of thioether (sulfide) groups is 1. The Balaban J connectivity index is 1.93. The maximum Gasteiger partial charge on any atom is 0.235 e. The number of carbonyl (C=O) groups excluding carboxylic acids is 1. The van der Waals surface area contributed by atoms with E-state index in [0.717, 1.165) is 38.5 Å². The van der Waals surface area contributed by atoms with Crippen LogP contribution in [0.4, 0.5) is 5.82 Å². The van der Waals surface area contributed by atoms with Crippen molar-refractivity contribution in [3.05, 3.63) is 69.8 Å². The van der Waals surface area contributed by atoms with Crippen molar-refractivity contribution in [1.29, 1.82) is 0 Å².